The van der Waals surface area contributed by atoms with Gasteiger partial charge < -0.3 is 10.4 Å². The maximum absolute atomic E-state index is 12.5. The zero-order chi connectivity index (χ0) is 19.5. The summed E-state index contributed by atoms with van der Waals surface area (Å²) in [5.74, 6) is -2.04. The number of imide groups is 1. The van der Waals surface area contributed by atoms with E-state index < -0.39 is 17.4 Å². The van der Waals surface area contributed by atoms with Crippen molar-refractivity contribution in [2.75, 3.05) is 6.54 Å². The number of rotatable bonds is 8. The van der Waals surface area contributed by atoms with Crippen LogP contribution >= 0.6 is 0 Å². The van der Waals surface area contributed by atoms with Gasteiger partial charge in [0.25, 0.3) is 17.7 Å². The SMILES string of the molecule is CCCCN1C(=O)c2ccc(C(=O)NC(C)(C)CCC(=O)O)cc2C1=O. The summed E-state index contributed by atoms with van der Waals surface area (Å²) in [6, 6.07) is 4.45. The van der Waals surface area contributed by atoms with E-state index >= 15 is 0 Å². The van der Waals surface area contributed by atoms with Gasteiger partial charge in [0.15, 0.2) is 0 Å². The van der Waals surface area contributed by atoms with Crippen molar-refractivity contribution in [2.24, 2.45) is 0 Å². The van der Waals surface area contributed by atoms with Crippen molar-refractivity contribution >= 4 is 23.7 Å². The fourth-order valence-electron chi connectivity index (χ4n) is 2.81. The Bertz CT molecular complexity index is 754. The summed E-state index contributed by atoms with van der Waals surface area (Å²) in [6.07, 6.45) is 1.82. The van der Waals surface area contributed by atoms with E-state index in [1.54, 1.807) is 13.8 Å². The number of benzene rings is 1. The third-order valence-electron chi connectivity index (χ3n) is 4.38. The molecule has 0 radical (unpaired) electrons. The zero-order valence-electron chi connectivity index (χ0n) is 15.3. The Balaban J connectivity index is 2.16. The van der Waals surface area contributed by atoms with Crippen LogP contribution in [0.25, 0.3) is 0 Å². The van der Waals surface area contributed by atoms with E-state index in [0.29, 0.717) is 12.1 Å². The second kappa shape index (κ2) is 7.68. The first-order chi connectivity index (χ1) is 12.2. The van der Waals surface area contributed by atoms with Gasteiger partial charge in [-0.25, -0.2) is 0 Å². The highest BCUT2D eigenvalue weighted by molar-refractivity contribution is 6.22. The van der Waals surface area contributed by atoms with Gasteiger partial charge in [-0.05, 0) is 44.9 Å². The molecule has 3 amide bonds. The van der Waals surface area contributed by atoms with Crippen molar-refractivity contribution in [3.8, 4) is 0 Å². The molecule has 0 spiro atoms. The molecular weight excluding hydrogens is 336 g/mol. The Kier molecular flexibility index (Phi) is 5.79. The molecule has 0 unspecified atom stereocenters. The number of carboxylic acid groups (broad SMARTS) is 1. The Morgan fingerprint density at radius 1 is 1.15 bits per heavy atom. The second-order valence-corrected chi connectivity index (χ2v) is 7.11. The molecule has 7 nitrogen and oxygen atoms in total. The first-order valence-electron chi connectivity index (χ1n) is 8.71. The molecule has 2 rings (SSSR count). The quantitative estimate of drug-likeness (QED) is 0.693. The van der Waals surface area contributed by atoms with Gasteiger partial charge in [0.2, 0.25) is 0 Å². The highest BCUT2D eigenvalue weighted by atomic mass is 16.4. The third kappa shape index (κ3) is 4.28. The number of hydrogen-bond acceptors (Lipinski definition) is 4. The number of unbranched alkanes of at least 4 members (excludes halogenated alkanes) is 1. The molecule has 26 heavy (non-hydrogen) atoms. The molecule has 1 heterocycles. The minimum Gasteiger partial charge on any atom is -0.481 e. The van der Waals surface area contributed by atoms with Gasteiger partial charge in [0.1, 0.15) is 0 Å². The highest BCUT2D eigenvalue weighted by Gasteiger charge is 2.35. The predicted octanol–water partition coefficient (Wildman–Crippen LogP) is 2.46. The van der Waals surface area contributed by atoms with Crippen LogP contribution in [0.2, 0.25) is 0 Å². The van der Waals surface area contributed by atoms with Gasteiger partial charge in [-0.15, -0.1) is 0 Å². The lowest BCUT2D eigenvalue weighted by molar-refractivity contribution is -0.137. The molecule has 0 aliphatic carbocycles. The Labute approximate surface area is 152 Å². The van der Waals surface area contributed by atoms with Crippen LogP contribution in [0.5, 0.6) is 0 Å². The van der Waals surface area contributed by atoms with E-state index in [9.17, 15) is 19.2 Å². The van der Waals surface area contributed by atoms with E-state index in [-0.39, 0.29) is 35.8 Å². The average molecular weight is 360 g/mol. The third-order valence-corrected chi connectivity index (χ3v) is 4.38. The molecule has 0 fully saturated rings. The summed E-state index contributed by atoms with van der Waals surface area (Å²) in [4.78, 5) is 49.2. The number of carboxylic acids is 1. The first-order valence-corrected chi connectivity index (χ1v) is 8.71. The molecule has 0 saturated heterocycles. The van der Waals surface area contributed by atoms with Crippen molar-refractivity contribution in [2.45, 2.75) is 52.0 Å². The molecule has 2 N–H and O–H groups in total. The van der Waals surface area contributed by atoms with E-state index in [4.69, 9.17) is 5.11 Å². The largest absolute Gasteiger partial charge is 0.481 e. The van der Waals surface area contributed by atoms with Crippen LogP contribution in [-0.4, -0.2) is 45.8 Å². The molecule has 1 aliphatic rings. The zero-order valence-corrected chi connectivity index (χ0v) is 15.3. The van der Waals surface area contributed by atoms with Gasteiger partial charge in [-0.2, -0.15) is 0 Å². The first kappa shape index (κ1) is 19.6. The minimum absolute atomic E-state index is 0.0587. The molecule has 0 saturated carbocycles. The number of nitrogens with one attached hydrogen (secondary N) is 1. The van der Waals surface area contributed by atoms with Crippen LogP contribution in [0.3, 0.4) is 0 Å². The van der Waals surface area contributed by atoms with Gasteiger partial charge >= 0.3 is 5.97 Å². The predicted molar refractivity (Wildman–Crippen MR) is 95.1 cm³/mol. The van der Waals surface area contributed by atoms with Crippen LogP contribution in [0.4, 0.5) is 0 Å². The summed E-state index contributed by atoms with van der Waals surface area (Å²) in [5.41, 5.74) is 0.113. The van der Waals surface area contributed by atoms with Crippen LogP contribution in [-0.2, 0) is 4.79 Å². The maximum atomic E-state index is 12.5. The van der Waals surface area contributed by atoms with Crippen LogP contribution in [0.1, 0.15) is 77.5 Å². The molecule has 0 atom stereocenters. The Morgan fingerprint density at radius 3 is 2.42 bits per heavy atom. The average Bonchev–Trinajstić information content (AvgIpc) is 2.81. The normalized spacial score (nSPS) is 13.7. The van der Waals surface area contributed by atoms with Gasteiger partial charge in [-0.3, -0.25) is 24.1 Å². The van der Waals surface area contributed by atoms with Gasteiger partial charge in [0, 0.05) is 24.1 Å². The van der Waals surface area contributed by atoms with E-state index in [1.165, 1.54) is 23.1 Å². The molecule has 0 bridgehead atoms. The maximum Gasteiger partial charge on any atom is 0.303 e. The summed E-state index contributed by atoms with van der Waals surface area (Å²) < 4.78 is 0. The number of hydrogen-bond donors (Lipinski definition) is 2. The summed E-state index contributed by atoms with van der Waals surface area (Å²) in [7, 11) is 0. The van der Waals surface area contributed by atoms with E-state index in [0.717, 1.165) is 12.8 Å². The van der Waals surface area contributed by atoms with Crippen LogP contribution < -0.4 is 5.32 Å². The Hall–Kier alpha value is -2.70. The smallest absolute Gasteiger partial charge is 0.303 e. The van der Waals surface area contributed by atoms with Crippen LogP contribution in [0.15, 0.2) is 18.2 Å². The lowest BCUT2D eigenvalue weighted by Gasteiger charge is -2.25. The molecular formula is C19H24N2O5. The van der Waals surface area contributed by atoms with Crippen molar-refractivity contribution in [3.05, 3.63) is 34.9 Å². The van der Waals surface area contributed by atoms with Crippen molar-refractivity contribution in [1.82, 2.24) is 10.2 Å². The monoisotopic (exact) mass is 360 g/mol. The number of aliphatic carboxylic acids is 1. The topological polar surface area (TPSA) is 104 Å². The number of carbonyl (C=O) groups is 4. The minimum atomic E-state index is -0.930. The number of amides is 3. The number of nitrogens with zero attached hydrogens (tertiary/aromatic N) is 1. The van der Waals surface area contributed by atoms with E-state index in [1.807, 2.05) is 6.92 Å². The van der Waals surface area contributed by atoms with Crippen molar-refractivity contribution < 1.29 is 24.3 Å². The van der Waals surface area contributed by atoms with Crippen molar-refractivity contribution in [3.63, 3.8) is 0 Å². The lowest BCUT2D eigenvalue weighted by atomic mass is 9.97. The van der Waals surface area contributed by atoms with Gasteiger partial charge in [0.05, 0.1) is 11.1 Å². The molecule has 7 heteroatoms. The summed E-state index contributed by atoms with van der Waals surface area (Å²) in [6.45, 7) is 5.82. The second-order valence-electron chi connectivity index (χ2n) is 7.11. The van der Waals surface area contributed by atoms with E-state index in [2.05, 4.69) is 5.32 Å². The summed E-state index contributed by atoms with van der Waals surface area (Å²) in [5, 5.41) is 11.6. The molecule has 1 aromatic rings. The van der Waals surface area contributed by atoms with Crippen molar-refractivity contribution in [1.29, 1.82) is 0 Å². The van der Waals surface area contributed by atoms with Gasteiger partial charge in [-0.1, -0.05) is 13.3 Å². The molecule has 1 aromatic carbocycles. The van der Waals surface area contributed by atoms with Crippen LogP contribution in [0, 0.1) is 0 Å². The number of fused-ring (bicyclic) bond motifs is 1. The molecule has 0 aromatic heterocycles. The fourth-order valence-corrected chi connectivity index (χ4v) is 2.81. The summed E-state index contributed by atoms with van der Waals surface area (Å²) >= 11 is 0. The standard InChI is InChI=1S/C19H24N2O5/c1-4-5-10-21-17(25)13-7-6-12(11-14(13)18(21)26)16(24)20-19(2,3)9-8-15(22)23/h6-7,11H,4-5,8-10H2,1-3H3,(H,20,24)(H,22,23). The number of carbonyl (C=O) groups excluding carboxylic acids is 3. The molecule has 140 valence electrons. The molecule has 1 aliphatic heterocycles. The highest BCUT2D eigenvalue weighted by Crippen LogP contribution is 2.25. The fraction of sp³-hybridized carbons (Fsp3) is 0.474. The lowest BCUT2D eigenvalue weighted by Crippen LogP contribution is -2.43. The Morgan fingerprint density at radius 2 is 1.81 bits per heavy atom.